The standard InChI is InChI=1S/C19H27N5O7/c1-10(23-18(30)13(20)8-11-2-4-12(25)5-3-11)17(29)24-14(6-7-15(21)26)19(31)22-9-16(27)28/h2-5,10,13-14,25H,6-9,20H2,1H3,(H2,21,26)(H,22,31)(H,23,30)(H,24,29)(H,27,28). The van der Waals surface area contributed by atoms with Crippen LogP contribution in [0, 0.1) is 0 Å². The molecule has 0 radical (unpaired) electrons. The molecule has 3 unspecified atom stereocenters. The number of carboxylic acid groups (broad SMARTS) is 1. The van der Waals surface area contributed by atoms with Crippen LogP contribution in [0.15, 0.2) is 24.3 Å². The van der Waals surface area contributed by atoms with Gasteiger partial charge in [0.05, 0.1) is 6.04 Å². The van der Waals surface area contributed by atoms with Gasteiger partial charge < -0.3 is 37.6 Å². The van der Waals surface area contributed by atoms with E-state index in [1.165, 1.54) is 19.1 Å². The molecular formula is C19H27N5O7. The van der Waals surface area contributed by atoms with Gasteiger partial charge in [-0.05, 0) is 37.5 Å². The van der Waals surface area contributed by atoms with Crippen molar-refractivity contribution in [2.75, 3.05) is 6.54 Å². The minimum atomic E-state index is -1.28. The molecule has 0 fully saturated rings. The zero-order valence-corrected chi connectivity index (χ0v) is 17.0. The summed E-state index contributed by atoms with van der Waals surface area (Å²) in [4.78, 5) is 58.4. The predicted octanol–water partition coefficient (Wildman–Crippen LogP) is -2.28. The van der Waals surface area contributed by atoms with Crippen LogP contribution in [0.3, 0.4) is 0 Å². The molecule has 31 heavy (non-hydrogen) atoms. The van der Waals surface area contributed by atoms with E-state index >= 15 is 0 Å². The van der Waals surface area contributed by atoms with Crippen molar-refractivity contribution in [2.24, 2.45) is 11.5 Å². The molecule has 0 saturated heterocycles. The molecule has 12 nitrogen and oxygen atoms in total. The molecule has 0 aliphatic heterocycles. The molecule has 1 rings (SSSR count). The Kier molecular flexibility index (Phi) is 9.92. The Labute approximate surface area is 178 Å². The van der Waals surface area contributed by atoms with Crippen molar-refractivity contribution in [3.8, 4) is 5.75 Å². The minimum absolute atomic E-state index is 0.0744. The first-order valence-corrected chi connectivity index (χ1v) is 9.41. The van der Waals surface area contributed by atoms with Gasteiger partial charge in [-0.3, -0.25) is 24.0 Å². The van der Waals surface area contributed by atoms with Gasteiger partial charge in [0, 0.05) is 6.42 Å². The molecule has 12 heteroatoms. The summed E-state index contributed by atoms with van der Waals surface area (Å²) >= 11 is 0. The Morgan fingerprint density at radius 1 is 1.00 bits per heavy atom. The molecule has 4 amide bonds. The number of hydrogen-bond acceptors (Lipinski definition) is 7. The summed E-state index contributed by atoms with van der Waals surface area (Å²) in [5, 5.41) is 24.8. The lowest BCUT2D eigenvalue weighted by molar-refractivity contribution is -0.138. The van der Waals surface area contributed by atoms with Gasteiger partial charge >= 0.3 is 5.97 Å². The number of phenolic OH excluding ortho intramolecular Hbond substituents is 1. The summed E-state index contributed by atoms with van der Waals surface area (Å²) in [5.41, 5.74) is 11.6. The Balaban J connectivity index is 2.66. The summed E-state index contributed by atoms with van der Waals surface area (Å²) < 4.78 is 0. The van der Waals surface area contributed by atoms with Gasteiger partial charge in [-0.1, -0.05) is 12.1 Å². The Morgan fingerprint density at radius 2 is 1.61 bits per heavy atom. The second-order valence-electron chi connectivity index (χ2n) is 6.89. The summed E-state index contributed by atoms with van der Waals surface area (Å²) in [7, 11) is 0. The Bertz CT molecular complexity index is 812. The van der Waals surface area contributed by atoms with Crippen molar-refractivity contribution < 1.29 is 34.2 Å². The number of aromatic hydroxyl groups is 1. The van der Waals surface area contributed by atoms with E-state index in [0.717, 1.165) is 0 Å². The molecule has 0 spiro atoms. The highest BCUT2D eigenvalue weighted by Crippen LogP contribution is 2.11. The first kappa shape index (κ1) is 25.4. The van der Waals surface area contributed by atoms with Crippen LogP contribution in [0.25, 0.3) is 0 Å². The maximum atomic E-state index is 12.4. The fourth-order valence-corrected chi connectivity index (χ4v) is 2.50. The van der Waals surface area contributed by atoms with Crippen LogP contribution < -0.4 is 27.4 Å². The average molecular weight is 437 g/mol. The molecule has 0 aliphatic carbocycles. The van der Waals surface area contributed by atoms with Crippen molar-refractivity contribution in [2.45, 2.75) is 44.3 Å². The molecule has 0 saturated carbocycles. The molecular weight excluding hydrogens is 410 g/mol. The number of primary amides is 1. The fourth-order valence-electron chi connectivity index (χ4n) is 2.50. The average Bonchev–Trinajstić information content (AvgIpc) is 2.70. The van der Waals surface area contributed by atoms with Gasteiger partial charge in [0.15, 0.2) is 0 Å². The topological polar surface area (TPSA) is 214 Å². The number of amides is 4. The lowest BCUT2D eigenvalue weighted by atomic mass is 10.1. The van der Waals surface area contributed by atoms with Crippen LogP contribution in [-0.4, -0.2) is 64.5 Å². The van der Waals surface area contributed by atoms with Crippen molar-refractivity contribution in [3.05, 3.63) is 29.8 Å². The fraction of sp³-hybridized carbons (Fsp3) is 0.421. The van der Waals surface area contributed by atoms with E-state index < -0.39 is 54.3 Å². The Morgan fingerprint density at radius 3 is 2.16 bits per heavy atom. The molecule has 0 bridgehead atoms. The SMILES string of the molecule is CC(NC(=O)C(N)Cc1ccc(O)cc1)C(=O)NC(CCC(N)=O)C(=O)NCC(=O)O. The van der Waals surface area contributed by atoms with E-state index in [9.17, 15) is 29.1 Å². The van der Waals surface area contributed by atoms with E-state index in [-0.39, 0.29) is 25.0 Å². The van der Waals surface area contributed by atoms with Crippen molar-refractivity contribution in [3.63, 3.8) is 0 Å². The van der Waals surface area contributed by atoms with Crippen molar-refractivity contribution >= 4 is 29.6 Å². The van der Waals surface area contributed by atoms with Crippen LogP contribution >= 0.6 is 0 Å². The molecule has 0 aromatic heterocycles. The van der Waals surface area contributed by atoms with E-state index in [0.29, 0.717) is 5.56 Å². The van der Waals surface area contributed by atoms with E-state index in [1.807, 2.05) is 0 Å². The number of hydrogen-bond donors (Lipinski definition) is 7. The highest BCUT2D eigenvalue weighted by atomic mass is 16.4. The first-order valence-electron chi connectivity index (χ1n) is 9.41. The number of phenols is 1. The third-order valence-corrected chi connectivity index (χ3v) is 4.21. The number of aliphatic carboxylic acids is 1. The number of carbonyl (C=O) groups is 5. The largest absolute Gasteiger partial charge is 0.508 e. The number of rotatable bonds is 12. The maximum Gasteiger partial charge on any atom is 0.322 e. The van der Waals surface area contributed by atoms with Gasteiger partial charge in [0.25, 0.3) is 0 Å². The highest BCUT2D eigenvalue weighted by molar-refractivity contribution is 5.93. The van der Waals surface area contributed by atoms with Crippen LogP contribution in [0.2, 0.25) is 0 Å². The van der Waals surface area contributed by atoms with Gasteiger partial charge in [-0.2, -0.15) is 0 Å². The molecule has 3 atom stereocenters. The summed E-state index contributed by atoms with van der Waals surface area (Å²) in [6.07, 6.45) is -0.198. The first-order chi connectivity index (χ1) is 14.5. The molecule has 170 valence electrons. The Hall–Kier alpha value is -3.67. The van der Waals surface area contributed by atoms with E-state index in [1.54, 1.807) is 12.1 Å². The second kappa shape index (κ2) is 12.1. The molecule has 0 heterocycles. The summed E-state index contributed by atoms with van der Waals surface area (Å²) in [6, 6.07) is 2.88. The molecule has 1 aromatic rings. The lowest BCUT2D eigenvalue weighted by Crippen LogP contribution is -2.55. The zero-order valence-electron chi connectivity index (χ0n) is 17.0. The highest BCUT2D eigenvalue weighted by Gasteiger charge is 2.26. The third kappa shape index (κ3) is 9.58. The molecule has 0 aliphatic rings. The van der Waals surface area contributed by atoms with Crippen molar-refractivity contribution in [1.82, 2.24) is 16.0 Å². The number of nitrogens with two attached hydrogens (primary N) is 2. The normalized spacial score (nSPS) is 13.4. The maximum absolute atomic E-state index is 12.4. The predicted molar refractivity (Wildman–Crippen MR) is 108 cm³/mol. The smallest absolute Gasteiger partial charge is 0.322 e. The van der Waals surface area contributed by atoms with Crippen LogP contribution in [-0.2, 0) is 30.4 Å². The monoisotopic (exact) mass is 437 g/mol. The summed E-state index contributed by atoms with van der Waals surface area (Å²) in [5.74, 6) is -4.06. The minimum Gasteiger partial charge on any atom is -0.508 e. The van der Waals surface area contributed by atoms with Crippen LogP contribution in [0.4, 0.5) is 0 Å². The van der Waals surface area contributed by atoms with Crippen LogP contribution in [0.5, 0.6) is 5.75 Å². The quantitative estimate of drug-likeness (QED) is 0.189. The van der Waals surface area contributed by atoms with Gasteiger partial charge in [0.2, 0.25) is 23.6 Å². The van der Waals surface area contributed by atoms with E-state index in [2.05, 4.69) is 16.0 Å². The third-order valence-electron chi connectivity index (χ3n) is 4.21. The second-order valence-corrected chi connectivity index (χ2v) is 6.89. The number of benzene rings is 1. The zero-order chi connectivity index (χ0) is 23.6. The number of nitrogens with one attached hydrogen (secondary N) is 3. The molecule has 1 aromatic carbocycles. The summed E-state index contributed by atoms with van der Waals surface area (Å²) in [6.45, 7) is 0.709. The number of carbonyl (C=O) groups excluding carboxylic acids is 4. The van der Waals surface area contributed by atoms with Gasteiger partial charge in [-0.25, -0.2) is 0 Å². The van der Waals surface area contributed by atoms with Crippen molar-refractivity contribution in [1.29, 1.82) is 0 Å². The molecule has 9 N–H and O–H groups in total. The van der Waals surface area contributed by atoms with Gasteiger partial charge in [0.1, 0.15) is 24.4 Å². The van der Waals surface area contributed by atoms with Crippen LogP contribution in [0.1, 0.15) is 25.3 Å². The van der Waals surface area contributed by atoms with Gasteiger partial charge in [-0.15, -0.1) is 0 Å². The number of carboxylic acids is 1. The lowest BCUT2D eigenvalue weighted by Gasteiger charge is -2.21. The van der Waals surface area contributed by atoms with E-state index in [4.69, 9.17) is 16.6 Å².